The number of carbonyl (C=O) groups excluding carboxylic acids is 1. The highest BCUT2D eigenvalue weighted by atomic mass is 35.5. The maximum atomic E-state index is 14.9. The Labute approximate surface area is 198 Å². The fourth-order valence-corrected chi connectivity index (χ4v) is 4.01. The topological polar surface area (TPSA) is 71.8 Å². The first-order valence-electron chi connectivity index (χ1n) is 10.0. The summed E-state index contributed by atoms with van der Waals surface area (Å²) in [5.41, 5.74) is 2.21. The van der Waals surface area contributed by atoms with E-state index in [2.05, 4.69) is 20.7 Å². The summed E-state index contributed by atoms with van der Waals surface area (Å²) in [5.74, 6) is -0.424. The van der Waals surface area contributed by atoms with Gasteiger partial charge in [0.25, 0.3) is 11.9 Å². The van der Waals surface area contributed by atoms with Crippen LogP contribution in [0.15, 0.2) is 78.9 Å². The molecular weight excluding hydrogens is 464 g/mol. The summed E-state index contributed by atoms with van der Waals surface area (Å²) in [5, 5.41) is 11.2. The van der Waals surface area contributed by atoms with Crippen LogP contribution in [0.2, 0.25) is 10.0 Å². The van der Waals surface area contributed by atoms with E-state index in [0.29, 0.717) is 22.2 Å². The first-order chi connectivity index (χ1) is 16.0. The third kappa shape index (κ3) is 4.20. The summed E-state index contributed by atoms with van der Waals surface area (Å²) >= 11 is 12.4. The van der Waals surface area contributed by atoms with E-state index in [1.54, 1.807) is 54.6 Å². The standard InChI is InChI=1S/C24H16Cl2FN5O/c25-16-11-9-14(10-12-16)19-13-20(21-17(26)7-4-8-18(21)27)32-24(28-19)30-23(31-32)29-22(33)15-5-2-1-3-6-15/h1-13,20H,(H2,28,29,30,31,33). The smallest absolute Gasteiger partial charge is 0.258 e. The van der Waals surface area contributed by atoms with Gasteiger partial charge in [-0.1, -0.05) is 59.6 Å². The lowest BCUT2D eigenvalue weighted by Gasteiger charge is -2.25. The van der Waals surface area contributed by atoms with Crippen LogP contribution in [0.3, 0.4) is 0 Å². The monoisotopic (exact) mass is 479 g/mol. The van der Waals surface area contributed by atoms with Crippen molar-refractivity contribution in [1.82, 2.24) is 14.8 Å². The predicted molar refractivity (Wildman–Crippen MR) is 127 cm³/mol. The number of rotatable bonds is 4. The van der Waals surface area contributed by atoms with Crippen LogP contribution in [-0.2, 0) is 0 Å². The Kier molecular flexibility index (Phi) is 5.58. The first-order valence-corrected chi connectivity index (χ1v) is 10.8. The lowest BCUT2D eigenvalue weighted by atomic mass is 10.0. The number of carbonyl (C=O) groups is 1. The van der Waals surface area contributed by atoms with Crippen LogP contribution in [0.4, 0.5) is 16.3 Å². The van der Waals surface area contributed by atoms with E-state index in [4.69, 9.17) is 23.2 Å². The van der Waals surface area contributed by atoms with E-state index in [1.165, 1.54) is 10.7 Å². The number of hydrogen-bond donors (Lipinski definition) is 2. The van der Waals surface area contributed by atoms with E-state index >= 15 is 0 Å². The van der Waals surface area contributed by atoms with Crippen molar-refractivity contribution >= 4 is 46.7 Å². The highest BCUT2D eigenvalue weighted by Crippen LogP contribution is 2.37. The number of nitrogens with zero attached hydrogens (tertiary/aromatic N) is 3. The zero-order valence-corrected chi connectivity index (χ0v) is 18.5. The second-order valence-corrected chi connectivity index (χ2v) is 8.16. The van der Waals surface area contributed by atoms with Gasteiger partial charge in [0.15, 0.2) is 0 Å². The Morgan fingerprint density at radius 3 is 2.48 bits per heavy atom. The van der Waals surface area contributed by atoms with Crippen LogP contribution in [0, 0.1) is 5.82 Å². The van der Waals surface area contributed by atoms with Crippen LogP contribution in [0.25, 0.3) is 5.70 Å². The molecule has 2 N–H and O–H groups in total. The zero-order valence-electron chi connectivity index (χ0n) is 17.0. The van der Waals surface area contributed by atoms with E-state index in [9.17, 15) is 9.18 Å². The molecule has 33 heavy (non-hydrogen) atoms. The Hall–Kier alpha value is -3.68. The van der Waals surface area contributed by atoms with E-state index in [0.717, 1.165) is 5.56 Å². The number of benzene rings is 3. The van der Waals surface area contributed by atoms with Gasteiger partial charge in [-0.25, -0.2) is 9.07 Å². The van der Waals surface area contributed by atoms with Crippen molar-refractivity contribution in [2.75, 3.05) is 10.6 Å². The number of nitrogens with one attached hydrogen (secondary N) is 2. The van der Waals surface area contributed by atoms with E-state index in [-0.39, 0.29) is 22.4 Å². The molecule has 0 aliphatic carbocycles. The maximum absolute atomic E-state index is 14.9. The molecule has 5 rings (SSSR count). The molecule has 2 heterocycles. The number of fused-ring (bicyclic) bond motifs is 1. The Bertz CT molecular complexity index is 1350. The number of amides is 1. The van der Waals surface area contributed by atoms with E-state index in [1.807, 2.05) is 18.2 Å². The van der Waals surface area contributed by atoms with Crippen LogP contribution in [0.1, 0.15) is 27.5 Å². The fourth-order valence-electron chi connectivity index (χ4n) is 3.61. The number of allylic oxidation sites excluding steroid dienone is 1. The molecule has 4 aromatic rings. The Morgan fingerprint density at radius 2 is 1.76 bits per heavy atom. The van der Waals surface area contributed by atoms with Gasteiger partial charge in [-0.3, -0.25) is 10.1 Å². The molecule has 1 aliphatic rings. The van der Waals surface area contributed by atoms with Gasteiger partial charge in [-0.15, -0.1) is 5.10 Å². The molecule has 1 atom stereocenters. The molecular formula is C24H16Cl2FN5O. The molecule has 1 aliphatic heterocycles. The fraction of sp³-hybridized carbons (Fsp3) is 0.0417. The molecule has 0 spiro atoms. The maximum Gasteiger partial charge on any atom is 0.258 e. The Balaban J connectivity index is 1.56. The number of anilines is 2. The third-order valence-corrected chi connectivity index (χ3v) is 5.76. The minimum absolute atomic E-state index is 0.0783. The molecule has 164 valence electrons. The van der Waals surface area contributed by atoms with Gasteiger partial charge in [0, 0.05) is 26.9 Å². The third-order valence-electron chi connectivity index (χ3n) is 5.18. The van der Waals surface area contributed by atoms with Gasteiger partial charge in [-0.2, -0.15) is 4.98 Å². The Morgan fingerprint density at radius 1 is 1.00 bits per heavy atom. The predicted octanol–water partition coefficient (Wildman–Crippen LogP) is 6.03. The highest BCUT2D eigenvalue weighted by molar-refractivity contribution is 6.31. The highest BCUT2D eigenvalue weighted by Gasteiger charge is 2.29. The molecule has 6 nitrogen and oxygen atoms in total. The summed E-state index contributed by atoms with van der Waals surface area (Å²) in [7, 11) is 0. The lowest BCUT2D eigenvalue weighted by Crippen LogP contribution is -2.21. The number of aromatic nitrogens is 3. The summed E-state index contributed by atoms with van der Waals surface area (Å²) in [6.07, 6.45) is 1.80. The first kappa shape index (κ1) is 21.2. The normalized spacial score (nSPS) is 14.8. The van der Waals surface area contributed by atoms with Crippen molar-refractivity contribution in [3.63, 3.8) is 0 Å². The number of halogens is 3. The zero-order chi connectivity index (χ0) is 22.9. The molecule has 0 radical (unpaired) electrons. The quantitative estimate of drug-likeness (QED) is 0.374. The second kappa shape index (κ2) is 8.69. The molecule has 0 saturated heterocycles. The van der Waals surface area contributed by atoms with Crippen LogP contribution in [-0.4, -0.2) is 20.7 Å². The van der Waals surface area contributed by atoms with Crippen molar-refractivity contribution in [3.8, 4) is 0 Å². The molecule has 9 heteroatoms. The van der Waals surface area contributed by atoms with Crippen molar-refractivity contribution in [3.05, 3.63) is 111 Å². The van der Waals surface area contributed by atoms with Crippen LogP contribution < -0.4 is 10.6 Å². The molecule has 0 fully saturated rings. The van der Waals surface area contributed by atoms with Crippen molar-refractivity contribution < 1.29 is 9.18 Å². The largest absolute Gasteiger partial charge is 0.324 e. The van der Waals surface area contributed by atoms with E-state index < -0.39 is 11.9 Å². The van der Waals surface area contributed by atoms with Gasteiger partial charge in [0.05, 0.1) is 0 Å². The SMILES string of the molecule is O=C(Nc1nc2n(n1)C(c1c(F)cccc1Cl)C=C(c1ccc(Cl)cc1)N2)c1ccccc1. The minimum atomic E-state index is -0.699. The molecule has 1 amide bonds. The van der Waals surface area contributed by atoms with Crippen molar-refractivity contribution in [1.29, 1.82) is 0 Å². The van der Waals surface area contributed by atoms with Crippen LogP contribution in [0.5, 0.6) is 0 Å². The molecule has 0 bridgehead atoms. The summed E-state index contributed by atoms with van der Waals surface area (Å²) in [4.78, 5) is 17.0. The number of hydrogen-bond acceptors (Lipinski definition) is 4. The van der Waals surface area contributed by atoms with Crippen molar-refractivity contribution in [2.45, 2.75) is 6.04 Å². The van der Waals surface area contributed by atoms with Gasteiger partial charge in [0.2, 0.25) is 5.95 Å². The van der Waals surface area contributed by atoms with Crippen LogP contribution >= 0.6 is 23.2 Å². The van der Waals surface area contributed by atoms with Gasteiger partial charge in [-0.05, 0) is 48.0 Å². The van der Waals surface area contributed by atoms with Gasteiger partial charge >= 0.3 is 0 Å². The average Bonchev–Trinajstić information content (AvgIpc) is 3.22. The lowest BCUT2D eigenvalue weighted by molar-refractivity contribution is 0.102. The van der Waals surface area contributed by atoms with Gasteiger partial charge < -0.3 is 5.32 Å². The summed E-state index contributed by atoms with van der Waals surface area (Å²) in [6, 6.07) is 19.7. The van der Waals surface area contributed by atoms with Crippen molar-refractivity contribution in [2.24, 2.45) is 0 Å². The molecule has 3 aromatic carbocycles. The molecule has 0 saturated carbocycles. The molecule has 1 aromatic heterocycles. The summed E-state index contributed by atoms with van der Waals surface area (Å²) in [6.45, 7) is 0. The summed E-state index contributed by atoms with van der Waals surface area (Å²) < 4.78 is 16.4. The van der Waals surface area contributed by atoms with Gasteiger partial charge in [0.1, 0.15) is 11.9 Å². The second-order valence-electron chi connectivity index (χ2n) is 7.32. The average molecular weight is 480 g/mol. The molecule has 1 unspecified atom stereocenters. The minimum Gasteiger partial charge on any atom is -0.324 e.